The van der Waals surface area contributed by atoms with E-state index < -0.39 is 0 Å². The molecule has 4 nitrogen and oxygen atoms in total. The average molecular weight is 190 g/mol. The highest BCUT2D eigenvalue weighted by Crippen LogP contribution is 2.25. The SMILES string of the molecule is Cc1nc2ccnnn2c1C(C)(C)C. The van der Waals surface area contributed by atoms with Crippen LogP contribution in [-0.2, 0) is 5.41 Å². The molecule has 0 aliphatic carbocycles. The quantitative estimate of drug-likeness (QED) is 0.635. The van der Waals surface area contributed by atoms with Crippen molar-refractivity contribution in [1.29, 1.82) is 0 Å². The first kappa shape index (κ1) is 9.12. The number of hydrogen-bond acceptors (Lipinski definition) is 3. The van der Waals surface area contributed by atoms with E-state index in [9.17, 15) is 0 Å². The number of fused-ring (bicyclic) bond motifs is 1. The van der Waals surface area contributed by atoms with Crippen LogP contribution in [0.2, 0.25) is 0 Å². The number of imidazole rings is 1. The number of hydrogen-bond donors (Lipinski definition) is 0. The van der Waals surface area contributed by atoms with Crippen molar-refractivity contribution in [3.8, 4) is 0 Å². The molecule has 0 unspecified atom stereocenters. The maximum absolute atomic E-state index is 4.44. The van der Waals surface area contributed by atoms with Crippen molar-refractivity contribution in [3.63, 3.8) is 0 Å². The Morgan fingerprint density at radius 3 is 2.64 bits per heavy atom. The third-order valence-corrected chi connectivity index (χ3v) is 2.20. The van der Waals surface area contributed by atoms with E-state index in [-0.39, 0.29) is 5.41 Å². The lowest BCUT2D eigenvalue weighted by molar-refractivity contribution is 0.539. The number of aromatic nitrogens is 4. The molecule has 4 heteroatoms. The molecule has 0 spiro atoms. The summed E-state index contributed by atoms with van der Waals surface area (Å²) in [5.41, 5.74) is 3.06. The molecule has 0 fully saturated rings. The monoisotopic (exact) mass is 190 g/mol. The van der Waals surface area contributed by atoms with Gasteiger partial charge in [-0.1, -0.05) is 26.0 Å². The summed E-state index contributed by atoms with van der Waals surface area (Å²) in [6, 6.07) is 1.87. The normalized spacial score (nSPS) is 12.3. The van der Waals surface area contributed by atoms with Gasteiger partial charge < -0.3 is 0 Å². The Bertz CT molecular complexity index is 464. The first-order valence-electron chi connectivity index (χ1n) is 4.67. The molecule has 0 saturated heterocycles. The van der Waals surface area contributed by atoms with Crippen molar-refractivity contribution in [2.24, 2.45) is 0 Å². The molecule has 2 aromatic heterocycles. The minimum Gasteiger partial charge on any atom is -0.232 e. The van der Waals surface area contributed by atoms with Crippen LogP contribution in [0.3, 0.4) is 0 Å². The van der Waals surface area contributed by atoms with Crippen LogP contribution in [0.4, 0.5) is 0 Å². The largest absolute Gasteiger partial charge is 0.232 e. The standard InChI is InChI=1S/C10H14N4/c1-7-9(10(2,3)4)14-8(12-7)5-6-11-13-14/h5-6H,1-4H3. The third kappa shape index (κ3) is 1.27. The molecule has 0 aliphatic rings. The van der Waals surface area contributed by atoms with Gasteiger partial charge in [0.25, 0.3) is 0 Å². The highest BCUT2D eigenvalue weighted by atomic mass is 15.4. The van der Waals surface area contributed by atoms with Gasteiger partial charge in [0.15, 0.2) is 5.65 Å². The first-order valence-corrected chi connectivity index (χ1v) is 4.67. The van der Waals surface area contributed by atoms with Gasteiger partial charge in [0.05, 0.1) is 17.6 Å². The van der Waals surface area contributed by atoms with Crippen LogP contribution in [0, 0.1) is 6.92 Å². The van der Waals surface area contributed by atoms with E-state index in [2.05, 4.69) is 36.1 Å². The highest BCUT2D eigenvalue weighted by molar-refractivity contribution is 5.41. The maximum Gasteiger partial charge on any atom is 0.157 e. The van der Waals surface area contributed by atoms with Gasteiger partial charge in [0, 0.05) is 11.5 Å². The molecule has 0 aromatic carbocycles. The molecule has 0 aliphatic heterocycles. The minimum absolute atomic E-state index is 0.0412. The van der Waals surface area contributed by atoms with E-state index in [1.165, 1.54) is 0 Å². The highest BCUT2D eigenvalue weighted by Gasteiger charge is 2.22. The van der Waals surface area contributed by atoms with Gasteiger partial charge in [-0.25, -0.2) is 4.98 Å². The zero-order chi connectivity index (χ0) is 10.3. The summed E-state index contributed by atoms with van der Waals surface area (Å²) < 4.78 is 1.81. The Morgan fingerprint density at radius 1 is 1.29 bits per heavy atom. The number of nitrogens with zero attached hydrogens (tertiary/aromatic N) is 4. The third-order valence-electron chi connectivity index (χ3n) is 2.20. The fourth-order valence-electron chi connectivity index (χ4n) is 1.78. The van der Waals surface area contributed by atoms with Gasteiger partial charge in [0.2, 0.25) is 0 Å². The first-order chi connectivity index (χ1) is 6.50. The van der Waals surface area contributed by atoms with Crippen molar-refractivity contribution in [3.05, 3.63) is 23.7 Å². The molecule has 14 heavy (non-hydrogen) atoms. The molecular weight excluding hydrogens is 176 g/mol. The Hall–Kier alpha value is -1.45. The van der Waals surface area contributed by atoms with E-state index >= 15 is 0 Å². The van der Waals surface area contributed by atoms with Gasteiger partial charge in [-0.3, -0.25) is 0 Å². The van der Waals surface area contributed by atoms with E-state index in [0.717, 1.165) is 17.0 Å². The predicted molar refractivity (Wildman–Crippen MR) is 54.2 cm³/mol. The Kier molecular flexibility index (Phi) is 1.80. The molecule has 0 saturated carbocycles. The lowest BCUT2D eigenvalue weighted by Crippen LogP contribution is -2.17. The molecule has 2 aromatic rings. The van der Waals surface area contributed by atoms with Gasteiger partial charge in [0.1, 0.15) is 0 Å². The second-order valence-electron chi connectivity index (χ2n) is 4.49. The van der Waals surface area contributed by atoms with Gasteiger partial charge in [-0.15, -0.1) is 5.10 Å². The van der Waals surface area contributed by atoms with Crippen LogP contribution >= 0.6 is 0 Å². The zero-order valence-corrected chi connectivity index (χ0v) is 8.94. The van der Waals surface area contributed by atoms with Gasteiger partial charge in [-0.05, 0) is 6.92 Å². The number of aryl methyl sites for hydroxylation is 1. The Labute approximate surface area is 83.0 Å². The van der Waals surface area contributed by atoms with E-state index in [0.29, 0.717) is 0 Å². The van der Waals surface area contributed by atoms with Crippen molar-refractivity contribution in [2.75, 3.05) is 0 Å². The molecule has 0 bridgehead atoms. The summed E-state index contributed by atoms with van der Waals surface area (Å²) in [6.07, 6.45) is 1.66. The summed E-state index contributed by atoms with van der Waals surface area (Å²) in [7, 11) is 0. The summed E-state index contributed by atoms with van der Waals surface area (Å²) in [6.45, 7) is 8.46. The summed E-state index contributed by atoms with van der Waals surface area (Å²) in [5, 5.41) is 7.95. The Balaban J connectivity index is 2.81. The maximum atomic E-state index is 4.44. The predicted octanol–water partition coefficient (Wildman–Crippen LogP) is 1.73. The molecule has 0 atom stereocenters. The van der Waals surface area contributed by atoms with Crippen molar-refractivity contribution < 1.29 is 0 Å². The molecular formula is C10H14N4. The molecule has 0 amide bonds. The molecule has 2 heterocycles. The van der Waals surface area contributed by atoms with E-state index in [1.807, 2.05) is 17.5 Å². The van der Waals surface area contributed by atoms with Crippen molar-refractivity contribution in [1.82, 2.24) is 19.8 Å². The van der Waals surface area contributed by atoms with Crippen LogP contribution < -0.4 is 0 Å². The van der Waals surface area contributed by atoms with Crippen LogP contribution in [0.25, 0.3) is 5.65 Å². The van der Waals surface area contributed by atoms with Gasteiger partial charge in [-0.2, -0.15) is 4.52 Å². The van der Waals surface area contributed by atoms with Crippen LogP contribution in [0.5, 0.6) is 0 Å². The van der Waals surface area contributed by atoms with Crippen LogP contribution in [0.1, 0.15) is 32.2 Å². The second-order valence-corrected chi connectivity index (χ2v) is 4.49. The topological polar surface area (TPSA) is 43.1 Å². The second kappa shape index (κ2) is 2.77. The summed E-state index contributed by atoms with van der Waals surface area (Å²) >= 11 is 0. The van der Waals surface area contributed by atoms with Crippen LogP contribution in [-0.4, -0.2) is 19.8 Å². The smallest absolute Gasteiger partial charge is 0.157 e. The summed E-state index contributed by atoms with van der Waals surface area (Å²) in [5.74, 6) is 0. The zero-order valence-electron chi connectivity index (χ0n) is 8.94. The van der Waals surface area contributed by atoms with Crippen molar-refractivity contribution >= 4 is 5.65 Å². The van der Waals surface area contributed by atoms with E-state index in [1.54, 1.807) is 6.20 Å². The molecule has 74 valence electrons. The average Bonchev–Trinajstić information content (AvgIpc) is 2.38. The Morgan fingerprint density at radius 2 is 2.00 bits per heavy atom. The molecule has 0 radical (unpaired) electrons. The van der Waals surface area contributed by atoms with Gasteiger partial charge >= 0.3 is 0 Å². The van der Waals surface area contributed by atoms with Crippen LogP contribution in [0.15, 0.2) is 12.3 Å². The fraction of sp³-hybridized carbons (Fsp3) is 0.500. The number of rotatable bonds is 0. The van der Waals surface area contributed by atoms with E-state index in [4.69, 9.17) is 0 Å². The van der Waals surface area contributed by atoms with Crippen molar-refractivity contribution in [2.45, 2.75) is 33.1 Å². The fourth-order valence-corrected chi connectivity index (χ4v) is 1.78. The minimum atomic E-state index is 0.0412. The summed E-state index contributed by atoms with van der Waals surface area (Å²) in [4.78, 5) is 4.44. The molecule has 2 rings (SSSR count). The lowest BCUT2D eigenvalue weighted by Gasteiger charge is -2.17. The lowest BCUT2D eigenvalue weighted by atomic mass is 9.91. The molecule has 0 N–H and O–H groups in total.